The molecule has 25 heavy (non-hydrogen) atoms. The second-order valence-electron chi connectivity index (χ2n) is 5.49. The molecule has 0 radical (unpaired) electrons. The summed E-state index contributed by atoms with van der Waals surface area (Å²) in [5.41, 5.74) is 3.68. The molecule has 0 bridgehead atoms. The number of methoxy groups -OCH3 is 2. The summed E-state index contributed by atoms with van der Waals surface area (Å²) in [7, 11) is 3.13. The average molecular weight is 342 g/mol. The molecule has 2 aromatic rings. The van der Waals surface area contributed by atoms with Crippen LogP contribution in [0.3, 0.4) is 0 Å². The van der Waals surface area contributed by atoms with Gasteiger partial charge in [-0.2, -0.15) is 0 Å². The zero-order valence-electron chi connectivity index (χ0n) is 14.8. The molecule has 0 aliphatic carbocycles. The fraction of sp³-hybridized carbons (Fsp3) is 0.263. The number of hydrogen-bond acceptors (Lipinski definition) is 5. The topological polar surface area (TPSA) is 69.2 Å². The largest absolute Gasteiger partial charge is 0.493 e. The highest BCUT2D eigenvalue weighted by molar-refractivity contribution is 5.92. The van der Waals surface area contributed by atoms with Gasteiger partial charge in [0.15, 0.2) is 18.1 Å². The van der Waals surface area contributed by atoms with Crippen LogP contribution in [0.2, 0.25) is 0 Å². The number of aryl methyl sites for hydroxylation is 2. The van der Waals surface area contributed by atoms with Crippen LogP contribution in [0.1, 0.15) is 16.7 Å². The van der Waals surface area contributed by atoms with Gasteiger partial charge in [0.1, 0.15) is 0 Å². The Kier molecular flexibility index (Phi) is 6.39. The van der Waals surface area contributed by atoms with Gasteiger partial charge in [0.05, 0.1) is 20.4 Å². The molecule has 6 nitrogen and oxygen atoms in total. The van der Waals surface area contributed by atoms with E-state index < -0.39 is 0 Å². The normalized spacial score (nSPS) is 10.6. The van der Waals surface area contributed by atoms with Crippen molar-refractivity contribution in [1.82, 2.24) is 0 Å². The molecule has 0 saturated heterocycles. The van der Waals surface area contributed by atoms with Crippen LogP contribution in [0.5, 0.6) is 11.5 Å². The Bertz CT molecular complexity index is 772. The fourth-order valence-corrected chi connectivity index (χ4v) is 2.27. The number of carbonyl (C=O) groups excluding carboxylic acids is 1. The first kappa shape index (κ1) is 18.3. The minimum Gasteiger partial charge on any atom is -0.493 e. The van der Waals surface area contributed by atoms with E-state index in [1.807, 2.05) is 38.1 Å². The standard InChI is InChI=1S/C19H22N2O4/c1-13-5-7-16(14(2)9-13)21-19(22)12-25-20-11-15-6-8-17(23-3)18(10-15)24-4/h5-11H,12H2,1-4H3,(H,21,22)/b20-11+. The van der Waals surface area contributed by atoms with Gasteiger partial charge in [0.2, 0.25) is 0 Å². The van der Waals surface area contributed by atoms with Gasteiger partial charge in [0, 0.05) is 11.3 Å². The zero-order valence-corrected chi connectivity index (χ0v) is 14.8. The van der Waals surface area contributed by atoms with Gasteiger partial charge in [-0.05, 0) is 43.7 Å². The summed E-state index contributed by atoms with van der Waals surface area (Å²) in [4.78, 5) is 16.9. The highest BCUT2D eigenvalue weighted by Gasteiger charge is 2.06. The summed E-state index contributed by atoms with van der Waals surface area (Å²) in [5, 5.41) is 6.60. The van der Waals surface area contributed by atoms with Gasteiger partial charge in [-0.15, -0.1) is 0 Å². The number of carbonyl (C=O) groups is 1. The summed E-state index contributed by atoms with van der Waals surface area (Å²) in [6.07, 6.45) is 1.51. The van der Waals surface area contributed by atoms with Gasteiger partial charge in [-0.3, -0.25) is 4.79 Å². The van der Waals surface area contributed by atoms with E-state index in [0.717, 1.165) is 22.4 Å². The van der Waals surface area contributed by atoms with Crippen molar-refractivity contribution in [3.05, 3.63) is 53.1 Å². The number of nitrogens with zero attached hydrogens (tertiary/aromatic N) is 1. The number of benzene rings is 2. The van der Waals surface area contributed by atoms with Crippen LogP contribution in [0.15, 0.2) is 41.6 Å². The van der Waals surface area contributed by atoms with Gasteiger partial charge in [-0.1, -0.05) is 22.9 Å². The van der Waals surface area contributed by atoms with E-state index in [4.69, 9.17) is 14.3 Å². The van der Waals surface area contributed by atoms with Gasteiger partial charge < -0.3 is 19.6 Å². The molecule has 0 spiro atoms. The highest BCUT2D eigenvalue weighted by atomic mass is 16.6. The molecule has 2 aromatic carbocycles. The molecule has 0 unspecified atom stereocenters. The monoisotopic (exact) mass is 342 g/mol. The Morgan fingerprint density at radius 2 is 1.84 bits per heavy atom. The molecule has 0 aliphatic heterocycles. The molecule has 1 N–H and O–H groups in total. The van der Waals surface area contributed by atoms with Crippen LogP contribution < -0.4 is 14.8 Å². The Balaban J connectivity index is 1.87. The first-order valence-electron chi connectivity index (χ1n) is 7.78. The Hall–Kier alpha value is -3.02. The quantitative estimate of drug-likeness (QED) is 0.619. The summed E-state index contributed by atoms with van der Waals surface area (Å²) in [5.74, 6) is 0.962. The highest BCUT2D eigenvalue weighted by Crippen LogP contribution is 2.26. The molecular formula is C19H22N2O4. The Morgan fingerprint density at radius 3 is 2.52 bits per heavy atom. The Morgan fingerprint density at radius 1 is 1.08 bits per heavy atom. The van der Waals surface area contributed by atoms with Gasteiger partial charge in [0.25, 0.3) is 5.91 Å². The van der Waals surface area contributed by atoms with Crippen LogP contribution in [-0.4, -0.2) is 32.9 Å². The number of hydrogen-bond donors (Lipinski definition) is 1. The summed E-state index contributed by atoms with van der Waals surface area (Å²) < 4.78 is 10.4. The fourth-order valence-electron chi connectivity index (χ4n) is 2.27. The van der Waals surface area contributed by atoms with Crippen LogP contribution in [0, 0.1) is 13.8 Å². The third-order valence-electron chi connectivity index (χ3n) is 3.54. The number of rotatable bonds is 7. The minimum absolute atomic E-state index is 0.170. The number of nitrogens with one attached hydrogen (secondary N) is 1. The number of anilines is 1. The molecule has 0 aromatic heterocycles. The first-order chi connectivity index (χ1) is 12.0. The van der Waals surface area contributed by atoms with E-state index in [2.05, 4.69) is 10.5 Å². The van der Waals surface area contributed by atoms with Crippen molar-refractivity contribution in [2.24, 2.45) is 5.16 Å². The predicted octanol–water partition coefficient (Wildman–Crippen LogP) is 3.31. The summed E-state index contributed by atoms with van der Waals surface area (Å²) in [6.45, 7) is 3.78. The molecule has 2 rings (SSSR count). The van der Waals surface area contributed by atoms with Crippen LogP contribution >= 0.6 is 0 Å². The summed E-state index contributed by atoms with van der Waals surface area (Å²) >= 11 is 0. The minimum atomic E-state index is -0.267. The molecule has 6 heteroatoms. The maximum atomic E-state index is 11.9. The Labute approximate surface area is 147 Å². The molecule has 132 valence electrons. The molecule has 0 fully saturated rings. The summed E-state index contributed by atoms with van der Waals surface area (Å²) in [6, 6.07) is 11.2. The van der Waals surface area contributed by atoms with E-state index in [1.54, 1.807) is 26.4 Å². The van der Waals surface area contributed by atoms with Crippen LogP contribution in [0.4, 0.5) is 5.69 Å². The van der Waals surface area contributed by atoms with Crippen molar-refractivity contribution in [1.29, 1.82) is 0 Å². The average Bonchev–Trinajstić information content (AvgIpc) is 2.61. The van der Waals surface area contributed by atoms with E-state index in [-0.39, 0.29) is 12.5 Å². The van der Waals surface area contributed by atoms with Crippen LogP contribution in [-0.2, 0) is 9.63 Å². The van der Waals surface area contributed by atoms with E-state index >= 15 is 0 Å². The SMILES string of the molecule is COc1ccc(/C=N/OCC(=O)Nc2ccc(C)cc2C)cc1OC. The maximum absolute atomic E-state index is 11.9. The van der Waals surface area contributed by atoms with E-state index in [1.165, 1.54) is 6.21 Å². The molecular weight excluding hydrogens is 320 g/mol. The number of amides is 1. The lowest BCUT2D eigenvalue weighted by atomic mass is 10.1. The molecule has 0 atom stereocenters. The lowest BCUT2D eigenvalue weighted by Gasteiger charge is -2.08. The maximum Gasteiger partial charge on any atom is 0.265 e. The zero-order chi connectivity index (χ0) is 18.2. The number of oxime groups is 1. The van der Waals surface area contributed by atoms with Crippen molar-refractivity contribution in [2.45, 2.75) is 13.8 Å². The number of ether oxygens (including phenoxy) is 2. The third-order valence-corrected chi connectivity index (χ3v) is 3.54. The van der Waals surface area contributed by atoms with Crippen molar-refractivity contribution in [3.63, 3.8) is 0 Å². The van der Waals surface area contributed by atoms with E-state index in [0.29, 0.717) is 11.5 Å². The van der Waals surface area contributed by atoms with Crippen molar-refractivity contribution < 1.29 is 19.1 Å². The second-order valence-corrected chi connectivity index (χ2v) is 5.49. The van der Waals surface area contributed by atoms with E-state index in [9.17, 15) is 4.79 Å². The predicted molar refractivity (Wildman–Crippen MR) is 97.6 cm³/mol. The lowest BCUT2D eigenvalue weighted by molar-refractivity contribution is -0.120. The molecule has 1 amide bonds. The van der Waals surface area contributed by atoms with Gasteiger partial charge >= 0.3 is 0 Å². The molecule has 0 heterocycles. The molecule has 0 saturated carbocycles. The van der Waals surface area contributed by atoms with Crippen molar-refractivity contribution >= 4 is 17.8 Å². The van der Waals surface area contributed by atoms with Gasteiger partial charge in [-0.25, -0.2) is 0 Å². The van der Waals surface area contributed by atoms with Crippen molar-refractivity contribution in [3.8, 4) is 11.5 Å². The van der Waals surface area contributed by atoms with Crippen LogP contribution in [0.25, 0.3) is 0 Å². The molecule has 0 aliphatic rings. The van der Waals surface area contributed by atoms with Crippen molar-refractivity contribution in [2.75, 3.05) is 26.1 Å². The second kappa shape index (κ2) is 8.73. The first-order valence-corrected chi connectivity index (χ1v) is 7.78. The third kappa shape index (κ3) is 5.24. The smallest absolute Gasteiger partial charge is 0.265 e. The lowest BCUT2D eigenvalue weighted by Crippen LogP contribution is -2.17.